The van der Waals surface area contributed by atoms with Crippen LogP contribution < -0.4 is 5.32 Å². The molecular weight excluding hydrogens is 281 g/mol. The molecule has 22 heavy (non-hydrogen) atoms. The molecule has 3 rings (SSSR count). The summed E-state index contributed by atoms with van der Waals surface area (Å²) >= 11 is 0. The van der Waals surface area contributed by atoms with E-state index in [2.05, 4.69) is 10.3 Å². The Kier molecular flexibility index (Phi) is 3.87. The van der Waals surface area contributed by atoms with Crippen molar-refractivity contribution in [3.8, 4) is 0 Å². The van der Waals surface area contributed by atoms with Gasteiger partial charge in [0.2, 0.25) is 0 Å². The Morgan fingerprint density at radius 1 is 1.23 bits per heavy atom. The number of imidazole rings is 1. The van der Waals surface area contributed by atoms with Crippen LogP contribution in [0.4, 0.5) is 4.39 Å². The zero-order valence-electron chi connectivity index (χ0n) is 12.2. The summed E-state index contributed by atoms with van der Waals surface area (Å²) in [5, 5.41) is 2.88. The van der Waals surface area contributed by atoms with E-state index in [4.69, 9.17) is 0 Å². The van der Waals surface area contributed by atoms with Crippen LogP contribution in [0.2, 0.25) is 0 Å². The van der Waals surface area contributed by atoms with Crippen molar-refractivity contribution < 1.29 is 9.18 Å². The molecule has 0 spiro atoms. The van der Waals surface area contributed by atoms with E-state index in [1.807, 2.05) is 25.1 Å². The number of hydrogen-bond donors (Lipinski definition) is 1. The van der Waals surface area contributed by atoms with Gasteiger partial charge in [-0.3, -0.25) is 4.79 Å². The summed E-state index contributed by atoms with van der Waals surface area (Å²) in [6, 6.07) is 10.5. The van der Waals surface area contributed by atoms with Crippen LogP contribution in [0.5, 0.6) is 0 Å². The first kappa shape index (κ1) is 14.3. The van der Waals surface area contributed by atoms with Gasteiger partial charge in [0.1, 0.15) is 11.5 Å². The predicted molar refractivity (Wildman–Crippen MR) is 82.4 cm³/mol. The molecule has 0 atom stereocenters. The van der Waals surface area contributed by atoms with E-state index in [0.29, 0.717) is 24.2 Å². The number of nitrogens with zero attached hydrogens (tertiary/aromatic N) is 2. The maximum absolute atomic E-state index is 13.1. The molecular formula is C17H16FN3O. The lowest BCUT2D eigenvalue weighted by molar-refractivity contribution is 0.0953. The lowest BCUT2D eigenvalue weighted by Gasteiger charge is -2.06. The summed E-state index contributed by atoms with van der Waals surface area (Å²) < 4.78 is 14.8. The second-order valence-electron chi connectivity index (χ2n) is 5.17. The quantitative estimate of drug-likeness (QED) is 0.805. The van der Waals surface area contributed by atoms with Crippen LogP contribution >= 0.6 is 0 Å². The molecule has 0 saturated carbocycles. The Hall–Kier alpha value is -2.69. The number of aromatic nitrogens is 2. The fourth-order valence-corrected chi connectivity index (χ4v) is 2.36. The zero-order chi connectivity index (χ0) is 15.5. The fraction of sp³-hybridized carbons (Fsp3) is 0.176. The number of hydrogen-bond acceptors (Lipinski definition) is 2. The third-order valence-electron chi connectivity index (χ3n) is 3.52. The van der Waals surface area contributed by atoms with Gasteiger partial charge < -0.3 is 9.72 Å². The van der Waals surface area contributed by atoms with Crippen molar-refractivity contribution in [2.75, 3.05) is 6.54 Å². The Morgan fingerprint density at radius 3 is 2.86 bits per heavy atom. The minimum atomic E-state index is -0.302. The standard InChI is InChI=1S/C17H16FN3O/c1-12-4-2-3-5-15(12)17(22)19-9-8-14-11-21-10-13(18)6-7-16(21)20-14/h2-7,10-11H,8-9H2,1H3,(H,19,22). The van der Waals surface area contributed by atoms with E-state index in [1.165, 1.54) is 12.3 Å². The summed E-state index contributed by atoms with van der Waals surface area (Å²) in [5.74, 6) is -0.391. The molecule has 3 aromatic rings. The van der Waals surface area contributed by atoms with Crippen molar-refractivity contribution in [1.29, 1.82) is 0 Å². The highest BCUT2D eigenvalue weighted by Crippen LogP contribution is 2.08. The molecule has 5 heteroatoms. The van der Waals surface area contributed by atoms with Gasteiger partial charge in [-0.25, -0.2) is 9.37 Å². The summed E-state index contributed by atoms with van der Waals surface area (Å²) in [5.41, 5.74) is 3.14. The lowest BCUT2D eigenvalue weighted by Crippen LogP contribution is -2.26. The van der Waals surface area contributed by atoms with Crippen molar-refractivity contribution in [2.24, 2.45) is 0 Å². The lowest BCUT2D eigenvalue weighted by atomic mass is 10.1. The van der Waals surface area contributed by atoms with E-state index in [9.17, 15) is 9.18 Å². The topological polar surface area (TPSA) is 46.4 Å². The minimum absolute atomic E-state index is 0.0899. The minimum Gasteiger partial charge on any atom is -0.352 e. The molecule has 4 nitrogen and oxygen atoms in total. The predicted octanol–water partition coefficient (Wildman–Crippen LogP) is 2.75. The Labute approximate surface area is 127 Å². The third kappa shape index (κ3) is 2.98. The largest absolute Gasteiger partial charge is 0.352 e. The SMILES string of the molecule is Cc1ccccc1C(=O)NCCc1cn2cc(F)ccc2n1. The number of carbonyl (C=O) groups is 1. The molecule has 0 saturated heterocycles. The number of fused-ring (bicyclic) bond motifs is 1. The Bertz CT molecular complexity index is 826. The van der Waals surface area contributed by atoms with Gasteiger partial charge in [-0.05, 0) is 30.7 Å². The first-order chi connectivity index (χ1) is 10.6. The molecule has 0 fully saturated rings. The van der Waals surface area contributed by atoms with Crippen molar-refractivity contribution in [3.63, 3.8) is 0 Å². The van der Waals surface area contributed by atoms with Crippen LogP contribution in [0.3, 0.4) is 0 Å². The molecule has 0 aliphatic rings. The molecule has 0 radical (unpaired) electrons. The highest BCUT2D eigenvalue weighted by atomic mass is 19.1. The number of halogens is 1. The molecule has 0 bridgehead atoms. The number of carbonyl (C=O) groups excluding carboxylic acids is 1. The molecule has 1 amide bonds. The van der Waals surface area contributed by atoms with Crippen LogP contribution in [0.25, 0.3) is 5.65 Å². The summed E-state index contributed by atoms with van der Waals surface area (Å²) in [6.45, 7) is 2.39. The van der Waals surface area contributed by atoms with E-state index in [-0.39, 0.29) is 11.7 Å². The maximum Gasteiger partial charge on any atom is 0.251 e. The number of rotatable bonds is 4. The molecule has 0 unspecified atom stereocenters. The molecule has 0 aliphatic heterocycles. The summed E-state index contributed by atoms with van der Waals surface area (Å²) in [7, 11) is 0. The number of nitrogens with one attached hydrogen (secondary N) is 1. The second kappa shape index (κ2) is 5.97. The van der Waals surface area contributed by atoms with Gasteiger partial charge in [-0.2, -0.15) is 0 Å². The Balaban J connectivity index is 1.62. The van der Waals surface area contributed by atoms with Crippen molar-refractivity contribution in [2.45, 2.75) is 13.3 Å². The summed E-state index contributed by atoms with van der Waals surface area (Å²) in [6.07, 6.45) is 3.76. The van der Waals surface area contributed by atoms with Gasteiger partial charge in [0.05, 0.1) is 5.69 Å². The van der Waals surface area contributed by atoms with E-state index >= 15 is 0 Å². The number of aryl methyl sites for hydroxylation is 1. The molecule has 0 aliphatic carbocycles. The number of pyridine rings is 1. The third-order valence-corrected chi connectivity index (χ3v) is 3.52. The highest BCUT2D eigenvalue weighted by Gasteiger charge is 2.08. The average molecular weight is 297 g/mol. The number of amides is 1. The molecule has 2 aromatic heterocycles. The first-order valence-electron chi connectivity index (χ1n) is 7.10. The average Bonchev–Trinajstić information content (AvgIpc) is 2.89. The molecule has 1 N–H and O–H groups in total. The van der Waals surface area contributed by atoms with Gasteiger partial charge in [-0.15, -0.1) is 0 Å². The smallest absolute Gasteiger partial charge is 0.251 e. The molecule has 2 heterocycles. The van der Waals surface area contributed by atoms with Crippen LogP contribution in [0.1, 0.15) is 21.6 Å². The van der Waals surface area contributed by atoms with Gasteiger partial charge in [0, 0.05) is 30.9 Å². The van der Waals surface area contributed by atoms with Gasteiger partial charge in [0.25, 0.3) is 5.91 Å². The molecule has 1 aromatic carbocycles. The van der Waals surface area contributed by atoms with Crippen molar-refractivity contribution in [1.82, 2.24) is 14.7 Å². The van der Waals surface area contributed by atoms with Crippen LogP contribution in [0, 0.1) is 12.7 Å². The normalized spacial score (nSPS) is 10.8. The van der Waals surface area contributed by atoms with Crippen LogP contribution in [-0.2, 0) is 6.42 Å². The van der Waals surface area contributed by atoms with E-state index in [0.717, 1.165) is 11.3 Å². The van der Waals surface area contributed by atoms with Gasteiger partial charge in [0.15, 0.2) is 0 Å². The van der Waals surface area contributed by atoms with Crippen LogP contribution in [0.15, 0.2) is 48.8 Å². The van der Waals surface area contributed by atoms with E-state index in [1.54, 1.807) is 22.7 Å². The number of benzene rings is 1. The summed E-state index contributed by atoms with van der Waals surface area (Å²) in [4.78, 5) is 16.5. The van der Waals surface area contributed by atoms with Gasteiger partial charge >= 0.3 is 0 Å². The van der Waals surface area contributed by atoms with Crippen molar-refractivity contribution in [3.05, 3.63) is 71.4 Å². The monoisotopic (exact) mass is 297 g/mol. The Morgan fingerprint density at radius 2 is 2.05 bits per heavy atom. The van der Waals surface area contributed by atoms with E-state index < -0.39 is 0 Å². The second-order valence-corrected chi connectivity index (χ2v) is 5.17. The molecule has 112 valence electrons. The first-order valence-corrected chi connectivity index (χ1v) is 7.10. The van der Waals surface area contributed by atoms with Gasteiger partial charge in [-0.1, -0.05) is 18.2 Å². The maximum atomic E-state index is 13.1. The highest BCUT2D eigenvalue weighted by molar-refractivity contribution is 5.95. The fourth-order valence-electron chi connectivity index (χ4n) is 2.36. The zero-order valence-corrected chi connectivity index (χ0v) is 12.2. The van der Waals surface area contributed by atoms with Crippen LogP contribution in [-0.4, -0.2) is 21.8 Å². The van der Waals surface area contributed by atoms with Crippen molar-refractivity contribution >= 4 is 11.6 Å².